The van der Waals surface area contributed by atoms with Crippen LogP contribution in [-0.2, 0) is 16.6 Å². The maximum absolute atomic E-state index is 12.8. The molecule has 0 aliphatic carbocycles. The van der Waals surface area contributed by atoms with Crippen LogP contribution in [0.4, 0.5) is 0 Å². The van der Waals surface area contributed by atoms with Crippen LogP contribution in [-0.4, -0.2) is 43.8 Å². The highest BCUT2D eigenvalue weighted by Gasteiger charge is 2.27. The molecular formula is C19H23ClN2O2S. The SMILES string of the molecule is Cc1ccc(CN2CCCN(S(=O)(=O)c3cccc(Cl)c3)CC2)cc1. The minimum Gasteiger partial charge on any atom is -0.298 e. The van der Waals surface area contributed by atoms with Crippen molar-refractivity contribution < 1.29 is 8.42 Å². The molecule has 1 aliphatic rings. The Labute approximate surface area is 155 Å². The van der Waals surface area contributed by atoms with E-state index in [0.717, 1.165) is 26.1 Å². The Hall–Kier alpha value is -1.40. The van der Waals surface area contributed by atoms with Crippen LogP contribution in [0.2, 0.25) is 5.02 Å². The second-order valence-corrected chi connectivity index (χ2v) is 8.85. The van der Waals surface area contributed by atoms with Crippen molar-refractivity contribution in [3.05, 3.63) is 64.7 Å². The summed E-state index contributed by atoms with van der Waals surface area (Å²) in [6.07, 6.45) is 0.825. The zero-order valence-corrected chi connectivity index (χ0v) is 15.9. The summed E-state index contributed by atoms with van der Waals surface area (Å²) < 4.78 is 27.3. The largest absolute Gasteiger partial charge is 0.298 e. The molecule has 25 heavy (non-hydrogen) atoms. The Morgan fingerprint density at radius 1 is 1.00 bits per heavy atom. The van der Waals surface area contributed by atoms with Crippen LogP contribution in [0.3, 0.4) is 0 Å². The van der Waals surface area contributed by atoms with E-state index in [0.29, 0.717) is 18.1 Å². The third-order valence-electron chi connectivity index (χ3n) is 4.51. The van der Waals surface area contributed by atoms with Crippen LogP contribution in [0.15, 0.2) is 53.4 Å². The van der Waals surface area contributed by atoms with Gasteiger partial charge in [-0.05, 0) is 43.7 Å². The molecule has 0 unspecified atom stereocenters. The first-order valence-electron chi connectivity index (χ1n) is 8.49. The normalized spacial score (nSPS) is 17.4. The molecule has 0 spiro atoms. The summed E-state index contributed by atoms with van der Waals surface area (Å²) in [5, 5.41) is 0.442. The minimum absolute atomic E-state index is 0.270. The lowest BCUT2D eigenvalue weighted by Gasteiger charge is -2.22. The highest BCUT2D eigenvalue weighted by atomic mass is 35.5. The van der Waals surface area contributed by atoms with Gasteiger partial charge >= 0.3 is 0 Å². The molecule has 3 rings (SSSR count). The predicted octanol–water partition coefficient (Wildman–Crippen LogP) is 3.55. The van der Waals surface area contributed by atoms with Crippen molar-refractivity contribution in [3.8, 4) is 0 Å². The third-order valence-corrected chi connectivity index (χ3v) is 6.64. The minimum atomic E-state index is -3.49. The number of benzene rings is 2. The molecule has 1 saturated heterocycles. The van der Waals surface area contributed by atoms with Gasteiger partial charge in [0.05, 0.1) is 4.90 Å². The monoisotopic (exact) mass is 378 g/mol. The summed E-state index contributed by atoms with van der Waals surface area (Å²) in [5.74, 6) is 0. The quantitative estimate of drug-likeness (QED) is 0.816. The first kappa shape index (κ1) is 18.4. The Balaban J connectivity index is 1.67. The molecule has 134 valence electrons. The highest BCUT2D eigenvalue weighted by Crippen LogP contribution is 2.21. The molecule has 2 aromatic carbocycles. The first-order chi connectivity index (χ1) is 11.9. The fourth-order valence-electron chi connectivity index (χ4n) is 3.07. The van der Waals surface area contributed by atoms with E-state index in [1.807, 2.05) is 0 Å². The van der Waals surface area contributed by atoms with Crippen LogP contribution in [0.1, 0.15) is 17.5 Å². The van der Waals surface area contributed by atoms with Crippen LogP contribution in [0, 0.1) is 6.92 Å². The number of rotatable bonds is 4. The molecule has 2 aromatic rings. The maximum Gasteiger partial charge on any atom is 0.243 e. The Morgan fingerprint density at radius 2 is 1.76 bits per heavy atom. The van der Waals surface area contributed by atoms with Gasteiger partial charge < -0.3 is 0 Å². The lowest BCUT2D eigenvalue weighted by molar-refractivity contribution is 0.278. The van der Waals surface area contributed by atoms with E-state index in [-0.39, 0.29) is 4.90 Å². The van der Waals surface area contributed by atoms with Gasteiger partial charge in [0.25, 0.3) is 0 Å². The van der Waals surface area contributed by atoms with E-state index in [1.165, 1.54) is 17.2 Å². The maximum atomic E-state index is 12.8. The van der Waals surface area contributed by atoms with Gasteiger partial charge in [0, 0.05) is 31.2 Å². The van der Waals surface area contributed by atoms with Gasteiger partial charge in [0.2, 0.25) is 10.0 Å². The van der Waals surface area contributed by atoms with Gasteiger partial charge in [0.1, 0.15) is 0 Å². The van der Waals surface area contributed by atoms with Crippen molar-refractivity contribution in [3.63, 3.8) is 0 Å². The molecule has 1 aliphatic heterocycles. The summed E-state index contributed by atoms with van der Waals surface area (Å²) in [7, 11) is -3.49. The van der Waals surface area contributed by atoms with Crippen LogP contribution in [0.25, 0.3) is 0 Å². The lowest BCUT2D eigenvalue weighted by Crippen LogP contribution is -2.35. The topological polar surface area (TPSA) is 40.6 Å². The summed E-state index contributed by atoms with van der Waals surface area (Å²) in [6, 6.07) is 15.0. The van der Waals surface area contributed by atoms with Gasteiger partial charge in [-0.1, -0.05) is 47.5 Å². The van der Waals surface area contributed by atoms with Crippen molar-refractivity contribution in [2.75, 3.05) is 26.2 Å². The highest BCUT2D eigenvalue weighted by molar-refractivity contribution is 7.89. The third kappa shape index (κ3) is 4.61. The zero-order valence-electron chi connectivity index (χ0n) is 14.4. The lowest BCUT2D eigenvalue weighted by atomic mass is 10.1. The number of hydrogen-bond donors (Lipinski definition) is 0. The van der Waals surface area contributed by atoms with Gasteiger partial charge in [-0.3, -0.25) is 4.90 Å². The second kappa shape index (κ2) is 7.87. The molecular weight excluding hydrogens is 356 g/mol. The number of sulfonamides is 1. The number of nitrogens with zero attached hydrogens (tertiary/aromatic N) is 2. The smallest absolute Gasteiger partial charge is 0.243 e. The molecule has 0 bridgehead atoms. The summed E-state index contributed by atoms with van der Waals surface area (Å²) in [4.78, 5) is 2.59. The Bertz CT molecular complexity index is 822. The molecule has 0 radical (unpaired) electrons. The summed E-state index contributed by atoms with van der Waals surface area (Å²) >= 11 is 5.96. The van der Waals surface area contributed by atoms with Crippen molar-refractivity contribution in [2.24, 2.45) is 0 Å². The molecule has 0 N–H and O–H groups in total. The van der Waals surface area contributed by atoms with Crippen LogP contribution < -0.4 is 0 Å². The molecule has 0 amide bonds. The summed E-state index contributed by atoms with van der Waals surface area (Å²) in [5.41, 5.74) is 2.51. The standard InChI is InChI=1S/C19H23ClN2O2S/c1-16-6-8-17(9-7-16)15-21-10-3-11-22(13-12-21)25(23,24)19-5-2-4-18(20)14-19/h2,4-9,14H,3,10-13,15H2,1H3. The molecule has 1 heterocycles. The number of halogens is 1. The van der Waals surface area contributed by atoms with Gasteiger partial charge in [-0.25, -0.2) is 8.42 Å². The van der Waals surface area contributed by atoms with E-state index in [1.54, 1.807) is 22.5 Å². The van der Waals surface area contributed by atoms with Crippen LogP contribution in [0.5, 0.6) is 0 Å². The van der Waals surface area contributed by atoms with Gasteiger partial charge in [-0.2, -0.15) is 4.31 Å². The van der Waals surface area contributed by atoms with E-state index < -0.39 is 10.0 Å². The van der Waals surface area contributed by atoms with Crippen LogP contribution >= 0.6 is 11.6 Å². The number of aryl methyl sites for hydroxylation is 1. The molecule has 0 saturated carbocycles. The van der Waals surface area contributed by atoms with Crippen molar-refractivity contribution in [1.29, 1.82) is 0 Å². The predicted molar refractivity (Wildman–Crippen MR) is 101 cm³/mol. The summed E-state index contributed by atoms with van der Waals surface area (Å²) in [6.45, 7) is 5.60. The van der Waals surface area contributed by atoms with E-state index >= 15 is 0 Å². The molecule has 1 fully saturated rings. The molecule has 0 aromatic heterocycles. The second-order valence-electron chi connectivity index (χ2n) is 6.48. The fourth-order valence-corrected chi connectivity index (χ4v) is 4.84. The molecule has 0 atom stereocenters. The van der Waals surface area contributed by atoms with Crippen molar-refractivity contribution in [2.45, 2.75) is 24.8 Å². The van der Waals surface area contributed by atoms with Gasteiger partial charge in [-0.15, -0.1) is 0 Å². The van der Waals surface area contributed by atoms with E-state index in [4.69, 9.17) is 11.6 Å². The molecule has 4 nitrogen and oxygen atoms in total. The van der Waals surface area contributed by atoms with Crippen molar-refractivity contribution >= 4 is 21.6 Å². The Kier molecular flexibility index (Phi) is 5.79. The van der Waals surface area contributed by atoms with Crippen molar-refractivity contribution in [1.82, 2.24) is 9.21 Å². The van der Waals surface area contributed by atoms with Gasteiger partial charge in [0.15, 0.2) is 0 Å². The fraction of sp³-hybridized carbons (Fsp3) is 0.368. The molecule has 6 heteroatoms. The van der Waals surface area contributed by atoms with E-state index in [2.05, 4.69) is 36.1 Å². The van der Waals surface area contributed by atoms with E-state index in [9.17, 15) is 8.42 Å². The average molecular weight is 379 g/mol. The Morgan fingerprint density at radius 3 is 2.48 bits per heavy atom. The zero-order chi connectivity index (χ0) is 17.9. The number of hydrogen-bond acceptors (Lipinski definition) is 3. The average Bonchev–Trinajstić information content (AvgIpc) is 2.83. The first-order valence-corrected chi connectivity index (χ1v) is 10.3.